The summed E-state index contributed by atoms with van der Waals surface area (Å²) in [6.45, 7) is 8.88. The topological polar surface area (TPSA) is 53.6 Å². The van der Waals surface area contributed by atoms with Crippen molar-refractivity contribution >= 4 is 5.96 Å². The van der Waals surface area contributed by atoms with Gasteiger partial charge >= 0.3 is 0 Å². The minimum Gasteiger partial charge on any atom is -0.370 e. The van der Waals surface area contributed by atoms with Crippen LogP contribution in [-0.4, -0.2) is 43.1 Å². The van der Waals surface area contributed by atoms with Crippen molar-refractivity contribution in [1.82, 2.24) is 10.2 Å². The second kappa shape index (κ2) is 7.13. The van der Waals surface area contributed by atoms with Gasteiger partial charge in [-0.2, -0.15) is 0 Å². The van der Waals surface area contributed by atoms with Crippen molar-refractivity contribution in [3.8, 4) is 0 Å². The summed E-state index contributed by atoms with van der Waals surface area (Å²) < 4.78 is 0. The van der Waals surface area contributed by atoms with Gasteiger partial charge in [0.25, 0.3) is 0 Å². The highest BCUT2D eigenvalue weighted by atomic mass is 15.2. The minimum atomic E-state index is 0.639. The van der Waals surface area contributed by atoms with Crippen LogP contribution in [0.25, 0.3) is 0 Å². The number of hydrogen-bond acceptors (Lipinski definition) is 2. The molecule has 0 aromatic rings. The Balaban J connectivity index is 1.68. The molecule has 3 N–H and O–H groups in total. The van der Waals surface area contributed by atoms with Crippen LogP contribution in [0.5, 0.6) is 0 Å². The van der Waals surface area contributed by atoms with Gasteiger partial charge in [-0.25, -0.2) is 0 Å². The molecule has 19 heavy (non-hydrogen) atoms. The average molecular weight is 266 g/mol. The van der Waals surface area contributed by atoms with Gasteiger partial charge in [0.05, 0.1) is 0 Å². The van der Waals surface area contributed by atoms with Crippen LogP contribution in [0.1, 0.15) is 46.0 Å². The zero-order valence-corrected chi connectivity index (χ0v) is 12.6. The van der Waals surface area contributed by atoms with E-state index >= 15 is 0 Å². The number of nitrogens with two attached hydrogens (primary N) is 1. The molecular weight excluding hydrogens is 236 g/mol. The van der Waals surface area contributed by atoms with Crippen molar-refractivity contribution in [2.24, 2.45) is 22.6 Å². The fourth-order valence-corrected chi connectivity index (χ4v) is 3.02. The second-order valence-corrected chi connectivity index (χ2v) is 6.59. The lowest BCUT2D eigenvalue weighted by Gasteiger charge is -2.26. The monoisotopic (exact) mass is 266 g/mol. The van der Waals surface area contributed by atoms with Crippen LogP contribution in [0.3, 0.4) is 0 Å². The van der Waals surface area contributed by atoms with Crippen LogP contribution < -0.4 is 11.1 Å². The van der Waals surface area contributed by atoms with Crippen LogP contribution in [0.2, 0.25) is 0 Å². The van der Waals surface area contributed by atoms with Gasteiger partial charge in [-0.15, -0.1) is 0 Å². The maximum Gasteiger partial charge on any atom is 0.188 e. The van der Waals surface area contributed by atoms with Crippen LogP contribution in [0.15, 0.2) is 4.99 Å². The highest BCUT2D eigenvalue weighted by molar-refractivity contribution is 5.77. The zero-order valence-electron chi connectivity index (χ0n) is 12.6. The predicted molar refractivity (Wildman–Crippen MR) is 81.3 cm³/mol. The van der Waals surface area contributed by atoms with Crippen LogP contribution in [0.4, 0.5) is 0 Å². The number of guanidine groups is 1. The lowest BCUT2D eigenvalue weighted by atomic mass is 9.86. The molecule has 0 bridgehead atoms. The first-order valence-electron chi connectivity index (χ1n) is 7.93. The summed E-state index contributed by atoms with van der Waals surface area (Å²) in [6.07, 6.45) is 6.65. The largest absolute Gasteiger partial charge is 0.370 e. The fraction of sp³-hybridized carbons (Fsp3) is 0.933. The summed E-state index contributed by atoms with van der Waals surface area (Å²) in [5.41, 5.74) is 5.95. The molecule has 2 rings (SSSR count). The summed E-state index contributed by atoms with van der Waals surface area (Å²) in [5, 5.41) is 3.32. The first-order chi connectivity index (χ1) is 9.15. The van der Waals surface area contributed by atoms with Gasteiger partial charge in [-0.1, -0.05) is 20.3 Å². The fourth-order valence-electron chi connectivity index (χ4n) is 3.02. The molecule has 110 valence electrons. The molecule has 4 heteroatoms. The zero-order chi connectivity index (χ0) is 13.7. The van der Waals surface area contributed by atoms with E-state index in [4.69, 9.17) is 5.73 Å². The maximum absolute atomic E-state index is 5.95. The Morgan fingerprint density at radius 1 is 1.32 bits per heavy atom. The molecule has 0 aromatic heterocycles. The molecule has 4 nitrogen and oxygen atoms in total. The lowest BCUT2D eigenvalue weighted by Crippen LogP contribution is -2.44. The number of rotatable bonds is 6. The van der Waals surface area contributed by atoms with Gasteiger partial charge < -0.3 is 11.1 Å². The van der Waals surface area contributed by atoms with E-state index in [0.29, 0.717) is 12.0 Å². The highest BCUT2D eigenvalue weighted by Crippen LogP contribution is 2.26. The van der Waals surface area contributed by atoms with Gasteiger partial charge in [0, 0.05) is 25.7 Å². The SMILES string of the molecule is CC(C)CN1CCC[C@@H]1CNC(N)=NCC1CCC1. The number of aliphatic imine (C=N–C) groups is 1. The summed E-state index contributed by atoms with van der Waals surface area (Å²) in [7, 11) is 0. The van der Waals surface area contributed by atoms with E-state index in [1.165, 1.54) is 45.2 Å². The standard InChI is InChI=1S/C15H30N4/c1-12(2)11-19-8-4-7-14(19)10-18-15(16)17-9-13-5-3-6-13/h12-14H,3-11H2,1-2H3,(H3,16,17,18)/t14-/m1/s1. The number of nitrogens with one attached hydrogen (secondary N) is 1. The van der Waals surface area contributed by atoms with E-state index in [-0.39, 0.29) is 0 Å². The van der Waals surface area contributed by atoms with Gasteiger partial charge in [0.1, 0.15) is 0 Å². The average Bonchev–Trinajstić information content (AvgIpc) is 2.71. The van der Waals surface area contributed by atoms with Crippen molar-refractivity contribution in [3.05, 3.63) is 0 Å². The first kappa shape index (κ1) is 14.6. The van der Waals surface area contributed by atoms with Crippen LogP contribution >= 0.6 is 0 Å². The molecule has 2 aliphatic rings. The Hall–Kier alpha value is -0.770. The molecular formula is C15H30N4. The van der Waals surface area contributed by atoms with E-state index in [2.05, 4.69) is 29.1 Å². The molecule has 1 atom stereocenters. The molecule has 1 aliphatic carbocycles. The van der Waals surface area contributed by atoms with Crippen LogP contribution in [0, 0.1) is 11.8 Å². The van der Waals surface area contributed by atoms with Crippen molar-refractivity contribution in [1.29, 1.82) is 0 Å². The number of hydrogen-bond donors (Lipinski definition) is 2. The highest BCUT2D eigenvalue weighted by Gasteiger charge is 2.24. The van der Waals surface area contributed by atoms with E-state index in [1.807, 2.05) is 0 Å². The third-order valence-electron chi connectivity index (χ3n) is 4.36. The van der Waals surface area contributed by atoms with E-state index in [0.717, 1.165) is 24.9 Å². The lowest BCUT2D eigenvalue weighted by molar-refractivity contribution is 0.227. The Morgan fingerprint density at radius 3 is 2.74 bits per heavy atom. The molecule has 0 radical (unpaired) electrons. The number of likely N-dealkylation sites (tertiary alicyclic amines) is 1. The van der Waals surface area contributed by atoms with Gasteiger partial charge in [0.2, 0.25) is 0 Å². The minimum absolute atomic E-state index is 0.639. The molecule has 0 aromatic carbocycles. The predicted octanol–water partition coefficient (Wildman–Crippen LogP) is 1.81. The molecule has 0 unspecified atom stereocenters. The Morgan fingerprint density at radius 2 is 2.11 bits per heavy atom. The van der Waals surface area contributed by atoms with E-state index < -0.39 is 0 Å². The van der Waals surface area contributed by atoms with Crippen molar-refractivity contribution in [2.45, 2.75) is 52.0 Å². The van der Waals surface area contributed by atoms with E-state index in [9.17, 15) is 0 Å². The molecule has 0 amide bonds. The summed E-state index contributed by atoms with van der Waals surface area (Å²) >= 11 is 0. The Kier molecular flexibility index (Phi) is 5.49. The molecule has 2 fully saturated rings. The Bertz CT molecular complexity index is 297. The summed E-state index contributed by atoms with van der Waals surface area (Å²) in [6, 6.07) is 0.639. The quantitative estimate of drug-likeness (QED) is 0.569. The summed E-state index contributed by atoms with van der Waals surface area (Å²) in [4.78, 5) is 7.05. The Labute approximate surface area is 117 Å². The van der Waals surface area contributed by atoms with Crippen molar-refractivity contribution < 1.29 is 0 Å². The van der Waals surface area contributed by atoms with Gasteiger partial charge in [-0.3, -0.25) is 9.89 Å². The number of nitrogens with zero attached hydrogens (tertiary/aromatic N) is 2. The molecule has 1 heterocycles. The third-order valence-corrected chi connectivity index (χ3v) is 4.36. The van der Waals surface area contributed by atoms with Crippen molar-refractivity contribution in [3.63, 3.8) is 0 Å². The van der Waals surface area contributed by atoms with Crippen molar-refractivity contribution in [2.75, 3.05) is 26.2 Å². The summed E-state index contributed by atoms with van der Waals surface area (Å²) in [5.74, 6) is 2.18. The molecule has 1 saturated carbocycles. The molecule has 1 aliphatic heterocycles. The van der Waals surface area contributed by atoms with Gasteiger partial charge in [0.15, 0.2) is 5.96 Å². The molecule has 0 spiro atoms. The normalized spacial score (nSPS) is 25.8. The maximum atomic E-state index is 5.95. The van der Waals surface area contributed by atoms with Crippen LogP contribution in [-0.2, 0) is 0 Å². The first-order valence-corrected chi connectivity index (χ1v) is 7.93. The van der Waals surface area contributed by atoms with Gasteiger partial charge in [-0.05, 0) is 44.1 Å². The smallest absolute Gasteiger partial charge is 0.188 e. The third kappa shape index (κ3) is 4.68. The molecule has 1 saturated heterocycles. The second-order valence-electron chi connectivity index (χ2n) is 6.59. The van der Waals surface area contributed by atoms with E-state index in [1.54, 1.807) is 0 Å².